The van der Waals surface area contributed by atoms with Crippen LogP contribution in [0.15, 0.2) is 70.4 Å². The highest BCUT2D eigenvalue weighted by Crippen LogP contribution is 2.27. The maximum Gasteiger partial charge on any atom is 0.277 e. The molecule has 0 aliphatic carbocycles. The summed E-state index contributed by atoms with van der Waals surface area (Å²) < 4.78 is 8.31. The molecule has 8 heteroatoms. The van der Waals surface area contributed by atoms with Gasteiger partial charge in [0.15, 0.2) is 6.61 Å². The fourth-order valence-corrected chi connectivity index (χ4v) is 3.00. The molecule has 0 radical (unpaired) electrons. The van der Waals surface area contributed by atoms with Gasteiger partial charge in [-0.1, -0.05) is 39.1 Å². The summed E-state index contributed by atoms with van der Waals surface area (Å²) in [6.07, 6.45) is 3.48. The number of amides is 1. The van der Waals surface area contributed by atoms with Crippen LogP contribution in [0.5, 0.6) is 5.75 Å². The zero-order valence-corrected chi connectivity index (χ0v) is 17.0. The van der Waals surface area contributed by atoms with Crippen molar-refractivity contribution in [3.8, 4) is 11.4 Å². The lowest BCUT2D eigenvalue weighted by Crippen LogP contribution is -2.24. The number of aromatic nitrogens is 1. The van der Waals surface area contributed by atoms with Crippen LogP contribution in [0.4, 0.5) is 0 Å². The zero-order valence-electron chi connectivity index (χ0n) is 13.9. The third kappa shape index (κ3) is 5.35. The van der Waals surface area contributed by atoms with E-state index in [1.54, 1.807) is 24.4 Å². The molecule has 0 atom stereocenters. The highest BCUT2D eigenvalue weighted by atomic mass is 79.9. The minimum absolute atomic E-state index is 0.216. The van der Waals surface area contributed by atoms with Crippen molar-refractivity contribution in [3.05, 3.63) is 81.0 Å². The van der Waals surface area contributed by atoms with Gasteiger partial charge in [-0.3, -0.25) is 4.79 Å². The number of hydrogen-bond donors (Lipinski definition) is 1. The van der Waals surface area contributed by atoms with Crippen LogP contribution in [0.25, 0.3) is 5.69 Å². The number of benzene rings is 2. The molecule has 0 aliphatic heterocycles. The van der Waals surface area contributed by atoms with Crippen molar-refractivity contribution in [1.29, 1.82) is 0 Å². The molecule has 0 bridgehead atoms. The summed E-state index contributed by atoms with van der Waals surface area (Å²) >= 11 is 15.2. The molecule has 2 aromatic carbocycles. The van der Waals surface area contributed by atoms with E-state index in [2.05, 4.69) is 26.5 Å². The van der Waals surface area contributed by atoms with Gasteiger partial charge in [0.1, 0.15) is 5.75 Å². The molecule has 5 nitrogen and oxygen atoms in total. The first-order valence-electron chi connectivity index (χ1n) is 7.86. The van der Waals surface area contributed by atoms with Crippen LogP contribution < -0.4 is 10.2 Å². The van der Waals surface area contributed by atoms with Crippen LogP contribution in [0.3, 0.4) is 0 Å². The van der Waals surface area contributed by atoms with E-state index in [1.165, 1.54) is 0 Å². The van der Waals surface area contributed by atoms with Crippen molar-refractivity contribution in [1.82, 2.24) is 9.99 Å². The Labute approximate surface area is 174 Å². The zero-order chi connectivity index (χ0) is 19.2. The minimum Gasteiger partial charge on any atom is -0.482 e. The largest absolute Gasteiger partial charge is 0.482 e. The van der Waals surface area contributed by atoms with Crippen molar-refractivity contribution in [2.45, 2.75) is 0 Å². The number of carbonyl (C=O) groups is 1. The van der Waals surface area contributed by atoms with E-state index in [0.717, 1.165) is 15.9 Å². The molecule has 0 saturated heterocycles. The summed E-state index contributed by atoms with van der Waals surface area (Å²) in [4.78, 5) is 11.9. The van der Waals surface area contributed by atoms with Gasteiger partial charge in [-0.25, -0.2) is 5.43 Å². The molecule has 1 heterocycles. The monoisotopic (exact) mass is 465 g/mol. The summed E-state index contributed by atoms with van der Waals surface area (Å²) in [5.41, 5.74) is 4.23. The second kappa shape index (κ2) is 9.08. The van der Waals surface area contributed by atoms with Gasteiger partial charge in [0, 0.05) is 21.4 Å². The maximum atomic E-state index is 11.9. The first-order valence-corrected chi connectivity index (χ1v) is 9.41. The van der Waals surface area contributed by atoms with E-state index in [1.807, 2.05) is 47.2 Å². The SMILES string of the molecule is O=C(COc1ccc(Cl)cc1Cl)N/N=C/c1cccn1-c1ccc(Br)cc1. The molecule has 0 unspecified atom stereocenters. The Morgan fingerprint density at radius 2 is 1.96 bits per heavy atom. The summed E-state index contributed by atoms with van der Waals surface area (Å²) in [5, 5.41) is 4.81. The number of nitrogens with one attached hydrogen (secondary N) is 1. The van der Waals surface area contributed by atoms with Crippen molar-refractivity contribution in [2.24, 2.45) is 5.10 Å². The van der Waals surface area contributed by atoms with E-state index in [4.69, 9.17) is 27.9 Å². The molecular formula is C19H14BrCl2N3O2. The van der Waals surface area contributed by atoms with Crippen molar-refractivity contribution in [3.63, 3.8) is 0 Å². The fourth-order valence-electron chi connectivity index (χ4n) is 2.27. The van der Waals surface area contributed by atoms with Gasteiger partial charge in [0.2, 0.25) is 0 Å². The summed E-state index contributed by atoms with van der Waals surface area (Å²) in [6, 6.07) is 16.4. The summed E-state index contributed by atoms with van der Waals surface area (Å²) in [6.45, 7) is -0.216. The van der Waals surface area contributed by atoms with Gasteiger partial charge in [-0.2, -0.15) is 5.10 Å². The molecule has 3 rings (SSSR count). The third-order valence-electron chi connectivity index (χ3n) is 3.52. The van der Waals surface area contributed by atoms with Crippen LogP contribution in [-0.4, -0.2) is 23.3 Å². The number of halogens is 3. The lowest BCUT2D eigenvalue weighted by Gasteiger charge is -2.07. The lowest BCUT2D eigenvalue weighted by atomic mass is 10.3. The summed E-state index contributed by atoms with van der Waals surface area (Å²) in [5.74, 6) is -0.0247. The van der Waals surface area contributed by atoms with Gasteiger partial charge in [0.25, 0.3) is 5.91 Å². The van der Waals surface area contributed by atoms with E-state index in [9.17, 15) is 4.79 Å². The standard InChI is InChI=1S/C19H14BrCl2N3O2/c20-13-3-6-15(7-4-13)25-9-1-2-16(25)11-23-24-19(26)12-27-18-8-5-14(21)10-17(18)22/h1-11H,12H2,(H,24,26)/b23-11+. The predicted molar refractivity (Wildman–Crippen MR) is 111 cm³/mol. The van der Waals surface area contributed by atoms with Gasteiger partial charge >= 0.3 is 0 Å². The van der Waals surface area contributed by atoms with Crippen molar-refractivity contribution < 1.29 is 9.53 Å². The molecular weight excluding hydrogens is 453 g/mol. The molecule has 1 aromatic heterocycles. The Balaban J connectivity index is 1.57. The van der Waals surface area contributed by atoms with Gasteiger partial charge in [-0.15, -0.1) is 0 Å². The number of hydrogen-bond acceptors (Lipinski definition) is 3. The average Bonchev–Trinajstić information content (AvgIpc) is 3.10. The highest BCUT2D eigenvalue weighted by Gasteiger charge is 2.06. The highest BCUT2D eigenvalue weighted by molar-refractivity contribution is 9.10. The molecule has 0 saturated carbocycles. The second-order valence-corrected chi connectivity index (χ2v) is 7.20. The number of ether oxygens (including phenoxy) is 1. The topological polar surface area (TPSA) is 55.6 Å². The average molecular weight is 467 g/mol. The van der Waals surface area contributed by atoms with Gasteiger partial charge in [0.05, 0.1) is 16.9 Å². The smallest absolute Gasteiger partial charge is 0.277 e. The molecule has 27 heavy (non-hydrogen) atoms. The quantitative estimate of drug-likeness (QED) is 0.407. The molecule has 3 aromatic rings. The molecule has 0 aliphatic rings. The van der Waals surface area contributed by atoms with Gasteiger partial charge in [-0.05, 0) is 54.6 Å². The Bertz CT molecular complexity index is 971. The third-order valence-corrected chi connectivity index (χ3v) is 4.58. The van der Waals surface area contributed by atoms with Gasteiger partial charge < -0.3 is 9.30 Å². The Morgan fingerprint density at radius 3 is 2.70 bits per heavy atom. The number of carbonyl (C=O) groups excluding carboxylic acids is 1. The van der Waals surface area contributed by atoms with Crippen LogP contribution >= 0.6 is 39.1 Å². The lowest BCUT2D eigenvalue weighted by molar-refractivity contribution is -0.123. The molecule has 138 valence electrons. The van der Waals surface area contributed by atoms with E-state index in [0.29, 0.717) is 15.8 Å². The number of nitrogens with zero attached hydrogens (tertiary/aromatic N) is 2. The van der Waals surface area contributed by atoms with Crippen LogP contribution in [0.2, 0.25) is 10.0 Å². The normalized spacial score (nSPS) is 10.9. The predicted octanol–water partition coefficient (Wildman–Crippen LogP) is 5.08. The Hall–Kier alpha value is -2.28. The Morgan fingerprint density at radius 1 is 1.19 bits per heavy atom. The van der Waals surface area contributed by atoms with Crippen molar-refractivity contribution in [2.75, 3.05) is 6.61 Å². The van der Waals surface area contributed by atoms with Crippen LogP contribution in [-0.2, 0) is 4.79 Å². The Kier molecular flexibility index (Phi) is 6.55. The molecule has 0 fully saturated rings. The second-order valence-electron chi connectivity index (χ2n) is 5.44. The number of rotatable bonds is 6. The van der Waals surface area contributed by atoms with Crippen LogP contribution in [0.1, 0.15) is 5.69 Å². The molecule has 0 spiro atoms. The van der Waals surface area contributed by atoms with E-state index < -0.39 is 5.91 Å². The first-order chi connectivity index (χ1) is 13.0. The minimum atomic E-state index is -0.404. The summed E-state index contributed by atoms with van der Waals surface area (Å²) in [7, 11) is 0. The molecule has 1 amide bonds. The van der Waals surface area contributed by atoms with Crippen molar-refractivity contribution >= 4 is 51.3 Å². The van der Waals surface area contributed by atoms with Crippen LogP contribution in [0, 0.1) is 0 Å². The first kappa shape index (κ1) is 19.5. The fraction of sp³-hybridized carbons (Fsp3) is 0.0526. The van der Waals surface area contributed by atoms with E-state index >= 15 is 0 Å². The molecule has 1 N–H and O–H groups in total. The maximum absolute atomic E-state index is 11.9. The van der Waals surface area contributed by atoms with E-state index in [-0.39, 0.29) is 6.61 Å². The number of hydrazone groups is 1.